The van der Waals surface area contributed by atoms with Gasteiger partial charge in [-0.05, 0) is 12.8 Å². The Kier molecular flexibility index (Phi) is 2.84. The molecule has 0 radical (unpaired) electrons. The molecule has 0 bridgehead atoms. The average Bonchev–Trinajstić information content (AvgIpc) is 2.03. The number of hydrogen-bond acceptors (Lipinski definition) is 3. The van der Waals surface area contributed by atoms with E-state index in [1.807, 2.05) is 0 Å². The predicted molar refractivity (Wildman–Crippen MR) is 40.9 cm³/mol. The number of hydrogen-bond donors (Lipinski definition) is 2. The smallest absolute Gasteiger partial charge is 0.241 e. The van der Waals surface area contributed by atoms with Gasteiger partial charge in [0.2, 0.25) is 5.91 Å². The highest BCUT2D eigenvalue weighted by molar-refractivity contribution is 5.87. The number of carbonyl (C=O) groups excluding carboxylic acids is 1. The molecule has 1 aliphatic heterocycles. The summed E-state index contributed by atoms with van der Waals surface area (Å²) in [7, 11) is 0. The van der Waals surface area contributed by atoms with E-state index in [1.165, 1.54) is 0 Å². The van der Waals surface area contributed by atoms with Crippen LogP contribution in [-0.2, 0) is 4.79 Å². The summed E-state index contributed by atoms with van der Waals surface area (Å²) in [6.07, 6.45) is 1.63. The van der Waals surface area contributed by atoms with E-state index in [0.717, 1.165) is 19.4 Å². The predicted octanol–water partition coefficient (Wildman–Crippen LogP) is -1.07. The first-order chi connectivity index (χ1) is 5.25. The highest BCUT2D eigenvalue weighted by Crippen LogP contribution is 2.08. The summed E-state index contributed by atoms with van der Waals surface area (Å²) in [6.45, 7) is 1.63. The number of β-lactam (4-membered cyclic amide) rings is 1. The minimum Gasteiger partial charge on any atom is -0.396 e. The van der Waals surface area contributed by atoms with Crippen molar-refractivity contribution in [2.24, 2.45) is 5.73 Å². The second-order valence-corrected chi connectivity index (χ2v) is 2.82. The lowest BCUT2D eigenvalue weighted by Crippen LogP contribution is -2.60. The molecule has 1 atom stereocenters. The molecular formula is C7H14N2O2. The van der Waals surface area contributed by atoms with Crippen molar-refractivity contribution in [1.29, 1.82) is 0 Å². The molecule has 1 amide bonds. The summed E-state index contributed by atoms with van der Waals surface area (Å²) in [5.74, 6) is 0.0444. The second-order valence-electron chi connectivity index (χ2n) is 2.82. The van der Waals surface area contributed by atoms with E-state index < -0.39 is 0 Å². The zero-order valence-corrected chi connectivity index (χ0v) is 6.49. The molecule has 0 aromatic carbocycles. The van der Waals surface area contributed by atoms with E-state index in [9.17, 15) is 4.79 Å². The van der Waals surface area contributed by atoms with Crippen molar-refractivity contribution in [3.63, 3.8) is 0 Å². The van der Waals surface area contributed by atoms with Crippen molar-refractivity contribution < 1.29 is 9.90 Å². The lowest BCUT2D eigenvalue weighted by Gasteiger charge is -2.36. The molecule has 1 aliphatic rings. The van der Waals surface area contributed by atoms with Crippen LogP contribution in [0.5, 0.6) is 0 Å². The van der Waals surface area contributed by atoms with Gasteiger partial charge >= 0.3 is 0 Å². The van der Waals surface area contributed by atoms with Crippen molar-refractivity contribution in [3.05, 3.63) is 0 Å². The van der Waals surface area contributed by atoms with E-state index in [1.54, 1.807) is 4.90 Å². The standard InChI is InChI=1S/C7H14N2O2/c8-6-5-9(7(6)11)3-1-2-4-10/h6,10H,1-5,8H2. The molecule has 0 aliphatic carbocycles. The van der Waals surface area contributed by atoms with Crippen molar-refractivity contribution in [2.45, 2.75) is 18.9 Å². The Balaban J connectivity index is 2.06. The van der Waals surface area contributed by atoms with Gasteiger partial charge in [-0.2, -0.15) is 0 Å². The first kappa shape index (κ1) is 8.49. The van der Waals surface area contributed by atoms with Gasteiger partial charge in [0, 0.05) is 19.7 Å². The van der Waals surface area contributed by atoms with Crippen LogP contribution in [0.2, 0.25) is 0 Å². The van der Waals surface area contributed by atoms with Gasteiger partial charge in [0.15, 0.2) is 0 Å². The molecule has 11 heavy (non-hydrogen) atoms. The Bertz CT molecular complexity index is 149. The Morgan fingerprint density at radius 2 is 2.36 bits per heavy atom. The van der Waals surface area contributed by atoms with Gasteiger partial charge in [-0.25, -0.2) is 0 Å². The number of likely N-dealkylation sites (tertiary alicyclic amines) is 1. The van der Waals surface area contributed by atoms with Gasteiger partial charge in [-0.1, -0.05) is 0 Å². The summed E-state index contributed by atoms with van der Waals surface area (Å²) in [5, 5.41) is 8.46. The van der Waals surface area contributed by atoms with E-state index in [2.05, 4.69) is 0 Å². The van der Waals surface area contributed by atoms with Crippen molar-refractivity contribution in [1.82, 2.24) is 4.90 Å². The normalized spacial score (nSPS) is 23.6. The quantitative estimate of drug-likeness (QED) is 0.404. The molecule has 4 nitrogen and oxygen atoms in total. The molecule has 0 aromatic heterocycles. The van der Waals surface area contributed by atoms with Gasteiger partial charge in [-0.15, -0.1) is 0 Å². The van der Waals surface area contributed by atoms with Gasteiger partial charge in [0.25, 0.3) is 0 Å². The van der Waals surface area contributed by atoms with Crippen LogP contribution in [0.3, 0.4) is 0 Å². The molecule has 0 spiro atoms. The molecule has 1 rings (SSSR count). The molecule has 1 saturated heterocycles. The molecule has 4 heteroatoms. The number of unbranched alkanes of at least 4 members (excludes halogenated alkanes) is 1. The fraction of sp³-hybridized carbons (Fsp3) is 0.857. The highest BCUT2D eigenvalue weighted by atomic mass is 16.3. The number of aliphatic hydroxyl groups is 1. The van der Waals surface area contributed by atoms with Crippen LogP contribution in [0.1, 0.15) is 12.8 Å². The van der Waals surface area contributed by atoms with Crippen LogP contribution in [-0.4, -0.2) is 41.7 Å². The van der Waals surface area contributed by atoms with E-state index in [-0.39, 0.29) is 18.6 Å². The SMILES string of the molecule is NC1CN(CCCCO)C1=O. The number of amides is 1. The van der Waals surface area contributed by atoms with Gasteiger partial charge in [0.05, 0.1) is 0 Å². The van der Waals surface area contributed by atoms with Crippen LogP contribution >= 0.6 is 0 Å². The van der Waals surface area contributed by atoms with Crippen LogP contribution in [0.15, 0.2) is 0 Å². The Labute approximate surface area is 66.0 Å². The summed E-state index contributed by atoms with van der Waals surface area (Å²) in [4.78, 5) is 12.6. The second kappa shape index (κ2) is 3.69. The minimum absolute atomic E-state index is 0.0444. The maximum atomic E-state index is 10.9. The van der Waals surface area contributed by atoms with Crippen LogP contribution in [0.4, 0.5) is 0 Å². The number of carbonyl (C=O) groups is 1. The topological polar surface area (TPSA) is 66.6 Å². The third-order valence-corrected chi connectivity index (χ3v) is 1.88. The molecule has 0 aromatic rings. The maximum absolute atomic E-state index is 10.9. The average molecular weight is 158 g/mol. The lowest BCUT2D eigenvalue weighted by molar-refractivity contribution is -0.142. The molecule has 64 valence electrons. The van der Waals surface area contributed by atoms with Crippen LogP contribution in [0.25, 0.3) is 0 Å². The summed E-state index contributed by atoms with van der Waals surface area (Å²) in [5.41, 5.74) is 5.38. The molecule has 1 fully saturated rings. The fourth-order valence-corrected chi connectivity index (χ4v) is 1.14. The lowest BCUT2D eigenvalue weighted by atomic mass is 10.1. The highest BCUT2D eigenvalue weighted by Gasteiger charge is 2.32. The summed E-state index contributed by atoms with van der Waals surface area (Å²) >= 11 is 0. The zero-order valence-electron chi connectivity index (χ0n) is 6.49. The molecule has 1 heterocycles. The maximum Gasteiger partial charge on any atom is 0.241 e. The van der Waals surface area contributed by atoms with E-state index >= 15 is 0 Å². The summed E-state index contributed by atoms with van der Waals surface area (Å²) in [6, 6.07) is -0.260. The van der Waals surface area contributed by atoms with Gasteiger partial charge < -0.3 is 15.7 Å². The van der Waals surface area contributed by atoms with Crippen molar-refractivity contribution in [3.8, 4) is 0 Å². The number of nitrogens with two attached hydrogens (primary N) is 1. The van der Waals surface area contributed by atoms with Gasteiger partial charge in [0.1, 0.15) is 6.04 Å². The Morgan fingerprint density at radius 1 is 1.64 bits per heavy atom. The van der Waals surface area contributed by atoms with Crippen molar-refractivity contribution in [2.75, 3.05) is 19.7 Å². The van der Waals surface area contributed by atoms with Crippen LogP contribution in [0, 0.1) is 0 Å². The van der Waals surface area contributed by atoms with Crippen molar-refractivity contribution >= 4 is 5.91 Å². The molecule has 1 unspecified atom stereocenters. The molecule has 3 N–H and O–H groups in total. The first-order valence-electron chi connectivity index (χ1n) is 3.91. The zero-order chi connectivity index (χ0) is 8.27. The number of nitrogens with zero attached hydrogens (tertiary/aromatic N) is 1. The van der Waals surface area contributed by atoms with Crippen LogP contribution < -0.4 is 5.73 Å². The Morgan fingerprint density at radius 3 is 2.82 bits per heavy atom. The third-order valence-electron chi connectivity index (χ3n) is 1.88. The Hall–Kier alpha value is -0.610. The molecule has 0 saturated carbocycles. The first-order valence-corrected chi connectivity index (χ1v) is 3.91. The molecular weight excluding hydrogens is 144 g/mol. The third kappa shape index (κ3) is 1.91. The largest absolute Gasteiger partial charge is 0.396 e. The fourth-order valence-electron chi connectivity index (χ4n) is 1.14. The summed E-state index contributed by atoms with van der Waals surface area (Å²) < 4.78 is 0. The van der Waals surface area contributed by atoms with E-state index in [0.29, 0.717) is 6.54 Å². The number of aliphatic hydroxyl groups excluding tert-OH is 1. The van der Waals surface area contributed by atoms with E-state index in [4.69, 9.17) is 10.8 Å². The number of rotatable bonds is 4. The minimum atomic E-state index is -0.260. The monoisotopic (exact) mass is 158 g/mol. The van der Waals surface area contributed by atoms with Gasteiger partial charge in [-0.3, -0.25) is 4.79 Å².